The Hall–Kier alpha value is -2.24. The van der Waals surface area contributed by atoms with Gasteiger partial charge in [0.1, 0.15) is 0 Å². The van der Waals surface area contributed by atoms with Gasteiger partial charge in [-0.05, 0) is 43.4 Å². The Morgan fingerprint density at radius 2 is 1.92 bits per heavy atom. The maximum absolute atomic E-state index is 12.3. The molecule has 1 fully saturated rings. The third-order valence-corrected chi connectivity index (χ3v) is 4.46. The van der Waals surface area contributed by atoms with Crippen LogP contribution in [0, 0.1) is 5.92 Å². The molecule has 0 saturated carbocycles. The third kappa shape index (κ3) is 5.93. The smallest absolute Gasteiger partial charge is 0.251 e. The minimum Gasteiger partial charge on any atom is -0.493 e. The summed E-state index contributed by atoms with van der Waals surface area (Å²) in [6.45, 7) is 6.90. The monoisotopic (exact) mass is 362 g/mol. The quantitative estimate of drug-likeness (QED) is 0.733. The van der Waals surface area contributed by atoms with E-state index in [0.29, 0.717) is 42.6 Å². The van der Waals surface area contributed by atoms with Crippen LogP contribution in [0.2, 0.25) is 0 Å². The maximum Gasteiger partial charge on any atom is 0.251 e. The van der Waals surface area contributed by atoms with E-state index in [1.165, 1.54) is 0 Å². The third-order valence-electron chi connectivity index (χ3n) is 4.46. The molecular weight excluding hydrogens is 332 g/mol. The van der Waals surface area contributed by atoms with Crippen molar-refractivity contribution in [1.29, 1.82) is 0 Å². The van der Waals surface area contributed by atoms with E-state index in [1.807, 2.05) is 4.90 Å². The SMILES string of the molecule is COc1cc(C(=O)NCCC(=O)N2CCCC2)ccc1OCCC(C)C. The molecule has 0 unspecified atom stereocenters. The van der Waals surface area contributed by atoms with E-state index in [2.05, 4.69) is 19.2 Å². The summed E-state index contributed by atoms with van der Waals surface area (Å²) in [6.07, 6.45) is 3.43. The van der Waals surface area contributed by atoms with E-state index < -0.39 is 0 Å². The van der Waals surface area contributed by atoms with Gasteiger partial charge in [0.05, 0.1) is 13.7 Å². The number of ether oxygens (including phenoxy) is 2. The van der Waals surface area contributed by atoms with Gasteiger partial charge in [-0.2, -0.15) is 0 Å². The van der Waals surface area contributed by atoms with Crippen LogP contribution in [0.5, 0.6) is 11.5 Å². The molecule has 0 spiro atoms. The highest BCUT2D eigenvalue weighted by Gasteiger charge is 2.18. The van der Waals surface area contributed by atoms with Gasteiger partial charge in [0.2, 0.25) is 5.91 Å². The first kappa shape index (κ1) is 20.1. The Morgan fingerprint density at radius 3 is 2.58 bits per heavy atom. The topological polar surface area (TPSA) is 67.9 Å². The molecule has 0 aliphatic carbocycles. The molecule has 1 aromatic carbocycles. The average molecular weight is 362 g/mol. The van der Waals surface area contributed by atoms with Crippen LogP contribution < -0.4 is 14.8 Å². The van der Waals surface area contributed by atoms with Crippen LogP contribution in [0.4, 0.5) is 0 Å². The minimum absolute atomic E-state index is 0.106. The zero-order valence-electron chi connectivity index (χ0n) is 16.0. The first-order valence-corrected chi connectivity index (χ1v) is 9.38. The summed E-state index contributed by atoms with van der Waals surface area (Å²) in [4.78, 5) is 26.2. The van der Waals surface area contributed by atoms with Crippen LogP contribution in [0.1, 0.15) is 49.9 Å². The van der Waals surface area contributed by atoms with Crippen molar-refractivity contribution in [2.24, 2.45) is 5.92 Å². The second-order valence-electron chi connectivity index (χ2n) is 6.99. The number of carbonyl (C=O) groups is 2. The molecule has 6 heteroatoms. The zero-order chi connectivity index (χ0) is 18.9. The molecule has 2 rings (SSSR count). The average Bonchev–Trinajstić information content (AvgIpc) is 3.16. The van der Waals surface area contributed by atoms with E-state index >= 15 is 0 Å². The molecule has 1 N–H and O–H groups in total. The molecule has 0 aromatic heterocycles. The van der Waals surface area contributed by atoms with Gasteiger partial charge in [-0.25, -0.2) is 0 Å². The molecule has 1 aliphatic heterocycles. The number of amides is 2. The summed E-state index contributed by atoms with van der Waals surface area (Å²) in [5, 5.41) is 2.80. The Balaban J connectivity index is 1.84. The molecule has 0 bridgehead atoms. The number of likely N-dealkylation sites (tertiary alicyclic amines) is 1. The number of hydrogen-bond donors (Lipinski definition) is 1. The van der Waals surface area contributed by atoms with Gasteiger partial charge in [0, 0.05) is 31.6 Å². The lowest BCUT2D eigenvalue weighted by atomic mass is 10.1. The summed E-state index contributed by atoms with van der Waals surface area (Å²) >= 11 is 0. The van der Waals surface area contributed by atoms with Gasteiger partial charge in [0.15, 0.2) is 11.5 Å². The number of carbonyl (C=O) groups excluding carboxylic acids is 2. The fourth-order valence-corrected chi connectivity index (χ4v) is 2.84. The van der Waals surface area contributed by atoms with Crippen molar-refractivity contribution in [3.8, 4) is 11.5 Å². The molecule has 1 aliphatic rings. The lowest BCUT2D eigenvalue weighted by molar-refractivity contribution is -0.129. The van der Waals surface area contributed by atoms with Crippen LogP contribution in [-0.2, 0) is 4.79 Å². The zero-order valence-corrected chi connectivity index (χ0v) is 16.0. The van der Waals surface area contributed by atoms with Crippen molar-refractivity contribution in [3.05, 3.63) is 23.8 Å². The summed E-state index contributed by atoms with van der Waals surface area (Å²) in [7, 11) is 1.56. The Bertz CT molecular complexity index is 610. The summed E-state index contributed by atoms with van der Waals surface area (Å²) in [5.74, 6) is 1.62. The summed E-state index contributed by atoms with van der Waals surface area (Å²) < 4.78 is 11.1. The van der Waals surface area contributed by atoms with E-state index in [0.717, 1.165) is 32.4 Å². The normalized spacial score (nSPS) is 13.8. The molecule has 0 atom stereocenters. The van der Waals surface area contributed by atoms with Crippen LogP contribution in [-0.4, -0.2) is 50.1 Å². The number of benzene rings is 1. The molecule has 26 heavy (non-hydrogen) atoms. The predicted molar refractivity (Wildman–Crippen MR) is 101 cm³/mol. The lowest BCUT2D eigenvalue weighted by Crippen LogP contribution is -2.32. The molecule has 0 radical (unpaired) electrons. The number of methoxy groups -OCH3 is 1. The number of rotatable bonds is 9. The minimum atomic E-state index is -0.216. The highest BCUT2D eigenvalue weighted by molar-refractivity contribution is 5.95. The van der Waals surface area contributed by atoms with Gasteiger partial charge < -0.3 is 19.7 Å². The van der Waals surface area contributed by atoms with Gasteiger partial charge in [-0.1, -0.05) is 13.8 Å². The molecule has 1 aromatic rings. The van der Waals surface area contributed by atoms with Crippen molar-refractivity contribution < 1.29 is 19.1 Å². The Kier molecular flexibility index (Phi) is 7.75. The second-order valence-corrected chi connectivity index (χ2v) is 6.99. The van der Waals surface area contributed by atoms with Crippen LogP contribution in [0.15, 0.2) is 18.2 Å². The standard InChI is InChI=1S/C20H30N2O4/c1-15(2)9-13-26-17-7-6-16(14-18(17)25-3)20(24)21-10-8-19(23)22-11-4-5-12-22/h6-7,14-15H,4-5,8-13H2,1-3H3,(H,21,24). The van der Waals surface area contributed by atoms with Gasteiger partial charge in [-0.15, -0.1) is 0 Å². The van der Waals surface area contributed by atoms with Gasteiger partial charge in [0.25, 0.3) is 5.91 Å². The Labute approximate surface area is 155 Å². The van der Waals surface area contributed by atoms with E-state index in [1.54, 1.807) is 25.3 Å². The summed E-state index contributed by atoms with van der Waals surface area (Å²) in [5.41, 5.74) is 0.492. The lowest BCUT2D eigenvalue weighted by Gasteiger charge is -2.15. The Morgan fingerprint density at radius 1 is 1.19 bits per heavy atom. The molecule has 2 amide bonds. The first-order valence-electron chi connectivity index (χ1n) is 9.38. The van der Waals surface area contributed by atoms with Crippen molar-refractivity contribution in [1.82, 2.24) is 10.2 Å². The highest BCUT2D eigenvalue weighted by Crippen LogP contribution is 2.28. The largest absolute Gasteiger partial charge is 0.493 e. The second kappa shape index (κ2) is 10.0. The molecular formula is C20H30N2O4. The number of nitrogens with zero attached hydrogens (tertiary/aromatic N) is 1. The fraction of sp³-hybridized carbons (Fsp3) is 0.600. The highest BCUT2D eigenvalue weighted by atomic mass is 16.5. The predicted octanol–water partition coefficient (Wildman–Crippen LogP) is 2.86. The van der Waals surface area contributed by atoms with Crippen LogP contribution >= 0.6 is 0 Å². The van der Waals surface area contributed by atoms with Crippen molar-refractivity contribution >= 4 is 11.8 Å². The maximum atomic E-state index is 12.3. The van der Waals surface area contributed by atoms with Crippen molar-refractivity contribution in [3.63, 3.8) is 0 Å². The van der Waals surface area contributed by atoms with E-state index in [4.69, 9.17) is 9.47 Å². The van der Waals surface area contributed by atoms with E-state index in [9.17, 15) is 9.59 Å². The van der Waals surface area contributed by atoms with Crippen LogP contribution in [0.25, 0.3) is 0 Å². The van der Waals surface area contributed by atoms with E-state index in [-0.39, 0.29) is 11.8 Å². The van der Waals surface area contributed by atoms with Crippen LogP contribution in [0.3, 0.4) is 0 Å². The molecule has 6 nitrogen and oxygen atoms in total. The number of nitrogens with one attached hydrogen (secondary N) is 1. The molecule has 1 heterocycles. The molecule has 1 saturated heterocycles. The van der Waals surface area contributed by atoms with Gasteiger partial charge in [-0.3, -0.25) is 9.59 Å². The molecule has 144 valence electrons. The van der Waals surface area contributed by atoms with Crippen molar-refractivity contribution in [2.75, 3.05) is 33.4 Å². The fourth-order valence-electron chi connectivity index (χ4n) is 2.84. The first-order chi connectivity index (χ1) is 12.5. The van der Waals surface area contributed by atoms with Crippen molar-refractivity contribution in [2.45, 2.75) is 39.5 Å². The summed E-state index contributed by atoms with van der Waals surface area (Å²) in [6, 6.07) is 5.14. The van der Waals surface area contributed by atoms with Gasteiger partial charge >= 0.3 is 0 Å². The number of hydrogen-bond acceptors (Lipinski definition) is 4.